The lowest BCUT2D eigenvalue weighted by Gasteiger charge is -2.43. The van der Waals surface area contributed by atoms with Crippen LogP contribution < -0.4 is 25.5 Å². The number of aryl methyl sites for hydroxylation is 2. The lowest BCUT2D eigenvalue weighted by Crippen LogP contribution is -2.60. The minimum atomic E-state index is -0.444. The molecule has 11 aromatic rings. The highest BCUT2D eigenvalue weighted by Gasteiger charge is 2.53. The van der Waals surface area contributed by atoms with Crippen molar-refractivity contribution in [2.24, 2.45) is 0 Å². The summed E-state index contributed by atoms with van der Waals surface area (Å²) in [6.07, 6.45) is 0. The summed E-state index contributed by atoms with van der Waals surface area (Å²) in [4.78, 5) is 5.26. The van der Waals surface area contributed by atoms with E-state index in [4.69, 9.17) is 0 Å². The van der Waals surface area contributed by atoms with Crippen molar-refractivity contribution in [3.63, 3.8) is 0 Å². The highest BCUT2D eigenvalue weighted by atomic mass is 32.1. The number of hydrogen-bond donors (Lipinski definition) is 0. The first-order valence-corrected chi connectivity index (χ1v) is 29.6. The maximum absolute atomic E-state index is 2.65. The van der Waals surface area contributed by atoms with Crippen molar-refractivity contribution in [1.29, 1.82) is 0 Å². The standard InChI is InChI=1S/C76H65BN2S/c1-45(2)49-25-36-55(48-18-12-11-13-19-48)59(41-49)50-26-37-66-67(42-50)78(53-31-27-51(28-32-53)74(5,6)7)68-39-47(4)40-69-71(68)77(66)73-72(79(69)54-33-29-52(30-34-54)75(8,9)10)61-43-60-58-35-24-46(3)38-64(58)76(65(60)44-70(61)80-73)62-22-16-14-20-56(62)57-21-15-17-23-63(57)76/h11-45H,1-10H3. The van der Waals surface area contributed by atoms with Crippen LogP contribution in [-0.2, 0) is 16.2 Å². The van der Waals surface area contributed by atoms with E-state index in [-0.39, 0.29) is 17.5 Å². The zero-order chi connectivity index (χ0) is 54.7. The van der Waals surface area contributed by atoms with E-state index >= 15 is 0 Å². The van der Waals surface area contributed by atoms with Gasteiger partial charge in [-0.3, -0.25) is 0 Å². The second-order valence-electron chi connectivity index (χ2n) is 25.6. The molecule has 15 rings (SSSR count). The van der Waals surface area contributed by atoms with E-state index in [0.29, 0.717) is 5.92 Å². The van der Waals surface area contributed by atoms with Crippen LogP contribution in [0.2, 0.25) is 0 Å². The first kappa shape index (κ1) is 48.9. The van der Waals surface area contributed by atoms with Gasteiger partial charge in [-0.15, -0.1) is 11.3 Å². The molecule has 0 radical (unpaired) electrons. The molecule has 0 fully saturated rings. The fourth-order valence-corrected chi connectivity index (χ4v) is 15.7. The third-order valence-electron chi connectivity index (χ3n) is 18.3. The summed E-state index contributed by atoms with van der Waals surface area (Å²) >= 11 is 2.01. The van der Waals surface area contributed by atoms with E-state index in [2.05, 4.69) is 285 Å². The Balaban J connectivity index is 1.04. The molecule has 0 atom stereocenters. The minimum Gasteiger partial charge on any atom is -0.311 e. The fourth-order valence-electron chi connectivity index (χ4n) is 14.3. The van der Waals surface area contributed by atoms with Crippen LogP contribution in [0, 0.1) is 13.8 Å². The van der Waals surface area contributed by atoms with E-state index in [1.807, 2.05) is 11.3 Å². The van der Waals surface area contributed by atoms with E-state index in [0.717, 1.165) is 5.69 Å². The van der Waals surface area contributed by atoms with Gasteiger partial charge in [0.2, 0.25) is 0 Å². The molecule has 0 amide bonds. The van der Waals surface area contributed by atoms with Gasteiger partial charge in [0.15, 0.2) is 0 Å². The average Bonchev–Trinajstić information content (AvgIpc) is 4.24. The van der Waals surface area contributed by atoms with Crippen molar-refractivity contribution >= 4 is 78.0 Å². The zero-order valence-electron chi connectivity index (χ0n) is 47.6. The summed E-state index contributed by atoms with van der Waals surface area (Å²) < 4.78 is 2.70. The number of benzene rings is 10. The molecule has 0 saturated heterocycles. The summed E-state index contributed by atoms with van der Waals surface area (Å²) in [6.45, 7) is 23.0. The monoisotopic (exact) mass is 1050 g/mol. The molecule has 10 aromatic carbocycles. The predicted molar refractivity (Wildman–Crippen MR) is 344 cm³/mol. The molecule has 0 unspecified atom stereocenters. The molecule has 3 heterocycles. The number of anilines is 6. The third kappa shape index (κ3) is 7.04. The summed E-state index contributed by atoms with van der Waals surface area (Å²) in [5.41, 5.74) is 31.9. The predicted octanol–water partition coefficient (Wildman–Crippen LogP) is 19.0. The van der Waals surface area contributed by atoms with Crippen molar-refractivity contribution in [3.05, 3.63) is 256 Å². The van der Waals surface area contributed by atoms with Crippen LogP contribution in [0.25, 0.3) is 54.6 Å². The van der Waals surface area contributed by atoms with Gasteiger partial charge in [-0.05, 0) is 185 Å². The molecule has 0 bridgehead atoms. The van der Waals surface area contributed by atoms with Crippen LogP contribution in [0.5, 0.6) is 0 Å². The molecule has 2 aliphatic heterocycles. The molecule has 4 heteroatoms. The molecular formula is C76H65BN2S. The Labute approximate surface area is 477 Å². The molecule has 0 saturated carbocycles. The normalized spacial score (nSPS) is 14.3. The van der Waals surface area contributed by atoms with Crippen LogP contribution >= 0.6 is 11.3 Å². The SMILES string of the molecule is Cc1cc2c3c(c1)N(c1ccc(C(C)(C)C)cc1)c1c(sc4cc5c(cc14)-c1ccc(C)cc1C51c4ccccc4-c4ccccc41)B3c1ccc(-c3cc(C(C)C)ccc3-c3ccccc3)cc1N2c1ccc(C(C)(C)C)cc1. The molecular weight excluding hydrogens is 984 g/mol. The Morgan fingerprint density at radius 3 is 1.65 bits per heavy atom. The Hall–Kier alpha value is -8.18. The maximum atomic E-state index is 2.65. The maximum Gasteiger partial charge on any atom is 0.264 e. The molecule has 1 spiro atoms. The molecule has 388 valence electrons. The number of nitrogens with zero attached hydrogens (tertiary/aromatic N) is 2. The van der Waals surface area contributed by atoms with Crippen LogP contribution in [0.4, 0.5) is 34.1 Å². The van der Waals surface area contributed by atoms with Gasteiger partial charge < -0.3 is 9.80 Å². The quantitative estimate of drug-likeness (QED) is 0.159. The van der Waals surface area contributed by atoms with Gasteiger partial charge in [0.1, 0.15) is 0 Å². The van der Waals surface area contributed by atoms with Crippen molar-refractivity contribution in [2.75, 3.05) is 9.80 Å². The smallest absolute Gasteiger partial charge is 0.264 e. The average molecular weight is 1050 g/mol. The van der Waals surface area contributed by atoms with Gasteiger partial charge in [-0.25, -0.2) is 0 Å². The topological polar surface area (TPSA) is 6.48 Å². The second kappa shape index (κ2) is 17.4. The van der Waals surface area contributed by atoms with Gasteiger partial charge in [0.05, 0.1) is 11.1 Å². The van der Waals surface area contributed by atoms with Crippen LogP contribution in [0.3, 0.4) is 0 Å². The number of hydrogen-bond acceptors (Lipinski definition) is 3. The van der Waals surface area contributed by atoms with Crippen molar-refractivity contribution < 1.29 is 0 Å². The highest BCUT2D eigenvalue weighted by Crippen LogP contribution is 2.64. The number of thiophene rings is 1. The van der Waals surface area contributed by atoms with E-state index in [9.17, 15) is 0 Å². The van der Waals surface area contributed by atoms with Gasteiger partial charge in [0.25, 0.3) is 6.71 Å². The highest BCUT2D eigenvalue weighted by molar-refractivity contribution is 7.33. The van der Waals surface area contributed by atoms with Gasteiger partial charge in [0, 0.05) is 43.3 Å². The molecule has 4 aliphatic rings. The molecule has 1 aromatic heterocycles. The summed E-state index contributed by atoms with van der Waals surface area (Å²) in [6, 6.07) is 80.3. The third-order valence-corrected chi connectivity index (χ3v) is 19.5. The Morgan fingerprint density at radius 1 is 0.438 bits per heavy atom. The summed E-state index contributed by atoms with van der Waals surface area (Å²) in [7, 11) is 0. The first-order chi connectivity index (χ1) is 38.6. The fraction of sp³-hybridized carbons (Fsp3) is 0.184. The van der Waals surface area contributed by atoms with Gasteiger partial charge in [-0.1, -0.05) is 213 Å². The second-order valence-corrected chi connectivity index (χ2v) is 26.7. The summed E-state index contributed by atoms with van der Waals surface area (Å²) in [5, 5.41) is 1.30. The minimum absolute atomic E-state index is 0.0115. The Bertz CT molecular complexity index is 4330. The van der Waals surface area contributed by atoms with Crippen molar-refractivity contribution in [1.82, 2.24) is 0 Å². The lowest BCUT2D eigenvalue weighted by molar-refractivity contribution is 0.590. The van der Waals surface area contributed by atoms with Crippen LogP contribution in [-0.4, -0.2) is 6.71 Å². The molecule has 2 nitrogen and oxygen atoms in total. The Kier molecular flexibility index (Phi) is 10.6. The summed E-state index contributed by atoms with van der Waals surface area (Å²) in [5.74, 6) is 0.385. The lowest BCUT2D eigenvalue weighted by atomic mass is 9.36. The Morgan fingerprint density at radius 2 is 1.01 bits per heavy atom. The van der Waals surface area contributed by atoms with E-state index in [1.54, 1.807) is 0 Å². The number of fused-ring (bicyclic) bond motifs is 16. The molecule has 2 aliphatic carbocycles. The van der Waals surface area contributed by atoms with Crippen LogP contribution in [0.15, 0.2) is 206 Å². The van der Waals surface area contributed by atoms with Crippen molar-refractivity contribution in [3.8, 4) is 44.5 Å². The van der Waals surface area contributed by atoms with Crippen molar-refractivity contribution in [2.45, 2.75) is 91.4 Å². The van der Waals surface area contributed by atoms with E-state index in [1.165, 1.54) is 149 Å². The van der Waals surface area contributed by atoms with Crippen LogP contribution in [0.1, 0.15) is 111 Å². The van der Waals surface area contributed by atoms with Gasteiger partial charge in [-0.2, -0.15) is 0 Å². The number of rotatable bonds is 5. The largest absolute Gasteiger partial charge is 0.311 e. The first-order valence-electron chi connectivity index (χ1n) is 28.8. The van der Waals surface area contributed by atoms with Gasteiger partial charge >= 0.3 is 0 Å². The zero-order valence-corrected chi connectivity index (χ0v) is 48.4. The molecule has 80 heavy (non-hydrogen) atoms. The molecule has 0 N–H and O–H groups in total. The van der Waals surface area contributed by atoms with E-state index < -0.39 is 5.41 Å².